The number of rotatable bonds is 5. The molecule has 1 aliphatic rings. The number of aliphatic carboxylic acids is 1. The van der Waals surface area contributed by atoms with Gasteiger partial charge in [-0.25, -0.2) is 0 Å². The molecule has 0 aliphatic carbocycles. The fourth-order valence-corrected chi connectivity index (χ4v) is 2.85. The van der Waals surface area contributed by atoms with E-state index in [0.717, 1.165) is 11.3 Å². The highest BCUT2D eigenvalue weighted by Gasteiger charge is 2.40. The Morgan fingerprint density at radius 1 is 1.43 bits per heavy atom. The summed E-state index contributed by atoms with van der Waals surface area (Å²) in [6.07, 6.45) is 0.653. The summed E-state index contributed by atoms with van der Waals surface area (Å²) in [5.74, 6) is -1.47. The summed E-state index contributed by atoms with van der Waals surface area (Å²) in [7, 11) is 0. The van der Waals surface area contributed by atoms with Crippen molar-refractivity contribution in [1.29, 1.82) is 0 Å². The van der Waals surface area contributed by atoms with Gasteiger partial charge in [0.15, 0.2) is 0 Å². The quantitative estimate of drug-likeness (QED) is 0.624. The van der Waals surface area contributed by atoms with Gasteiger partial charge in [0.05, 0.1) is 15.2 Å². The van der Waals surface area contributed by atoms with Gasteiger partial charge in [0, 0.05) is 25.8 Å². The average molecular weight is 314 g/mol. The van der Waals surface area contributed by atoms with Crippen LogP contribution in [0, 0.1) is 15.5 Å². The first-order valence-corrected chi connectivity index (χ1v) is 7.10. The summed E-state index contributed by atoms with van der Waals surface area (Å²) in [6.45, 7) is 0.662. The molecule has 114 valence electrons. The molecule has 1 aliphatic heterocycles. The van der Waals surface area contributed by atoms with Gasteiger partial charge in [0.1, 0.15) is 0 Å². The molecule has 1 saturated heterocycles. The first-order valence-electron chi connectivity index (χ1n) is 6.28. The average Bonchev–Trinajstić information content (AvgIpc) is 2.95. The van der Waals surface area contributed by atoms with Crippen molar-refractivity contribution in [3.05, 3.63) is 27.1 Å². The Bertz CT molecular complexity index is 564. The molecular weight excluding hydrogens is 300 g/mol. The largest absolute Gasteiger partial charge is 0.481 e. The molecule has 1 amide bonds. The van der Waals surface area contributed by atoms with Crippen LogP contribution in [0.5, 0.6) is 0 Å². The molecule has 2 rings (SSSR count). The smallest absolute Gasteiger partial charge is 0.324 e. The molecule has 1 aromatic rings. The van der Waals surface area contributed by atoms with Crippen LogP contribution in [-0.2, 0) is 9.53 Å². The number of carboxylic acids is 1. The van der Waals surface area contributed by atoms with Crippen molar-refractivity contribution in [1.82, 2.24) is 5.32 Å². The number of nitrogens with one attached hydrogen (secondary N) is 1. The number of hydrogen-bond acceptors (Lipinski definition) is 6. The number of carbonyl (C=O) groups excluding carboxylic acids is 1. The van der Waals surface area contributed by atoms with Gasteiger partial charge < -0.3 is 15.2 Å². The second-order valence-electron chi connectivity index (χ2n) is 4.78. The Hall–Kier alpha value is -2.00. The maximum atomic E-state index is 11.9. The number of hydrogen-bond donors (Lipinski definition) is 2. The van der Waals surface area contributed by atoms with Crippen LogP contribution in [0.4, 0.5) is 5.00 Å². The van der Waals surface area contributed by atoms with Crippen molar-refractivity contribution in [2.75, 3.05) is 19.8 Å². The van der Waals surface area contributed by atoms with Gasteiger partial charge in [-0.05, 0) is 18.9 Å². The molecule has 0 saturated carbocycles. The van der Waals surface area contributed by atoms with Gasteiger partial charge in [-0.15, -0.1) is 0 Å². The summed E-state index contributed by atoms with van der Waals surface area (Å²) in [5.41, 5.74) is -1.03. The van der Waals surface area contributed by atoms with E-state index in [1.807, 2.05) is 0 Å². The lowest BCUT2D eigenvalue weighted by Gasteiger charge is -2.33. The SMILES string of the molecule is O=C(NCC1(C(=O)O)CCOCC1)c1ccc([N+](=O)[O-])s1. The summed E-state index contributed by atoms with van der Waals surface area (Å²) in [5, 5.41) is 22.4. The Morgan fingerprint density at radius 3 is 2.62 bits per heavy atom. The van der Waals surface area contributed by atoms with Crippen LogP contribution in [0.15, 0.2) is 12.1 Å². The van der Waals surface area contributed by atoms with E-state index in [1.165, 1.54) is 12.1 Å². The summed E-state index contributed by atoms with van der Waals surface area (Å²) < 4.78 is 5.15. The topological polar surface area (TPSA) is 119 Å². The van der Waals surface area contributed by atoms with Crippen molar-refractivity contribution >= 4 is 28.2 Å². The first-order chi connectivity index (χ1) is 9.94. The zero-order chi connectivity index (χ0) is 15.5. The number of amides is 1. The Kier molecular flexibility index (Phi) is 4.53. The number of ether oxygens (including phenoxy) is 1. The molecule has 1 aromatic heterocycles. The second-order valence-corrected chi connectivity index (χ2v) is 5.84. The summed E-state index contributed by atoms with van der Waals surface area (Å²) in [6, 6.07) is 2.61. The number of thiophene rings is 1. The van der Waals surface area contributed by atoms with Crippen LogP contribution in [0.1, 0.15) is 22.5 Å². The van der Waals surface area contributed by atoms with Gasteiger partial charge in [-0.2, -0.15) is 0 Å². The normalized spacial score (nSPS) is 17.1. The zero-order valence-corrected chi connectivity index (χ0v) is 11.9. The van der Waals surface area contributed by atoms with Crippen LogP contribution in [-0.4, -0.2) is 41.7 Å². The summed E-state index contributed by atoms with van der Waals surface area (Å²) >= 11 is 0.760. The molecule has 0 atom stereocenters. The molecule has 0 aromatic carbocycles. The number of nitrogens with zero attached hydrogens (tertiary/aromatic N) is 1. The molecule has 2 heterocycles. The maximum absolute atomic E-state index is 11.9. The monoisotopic (exact) mass is 314 g/mol. The molecule has 1 fully saturated rings. The molecule has 21 heavy (non-hydrogen) atoms. The third-order valence-electron chi connectivity index (χ3n) is 3.49. The molecule has 0 unspecified atom stereocenters. The van der Waals surface area contributed by atoms with Crippen LogP contribution in [0.25, 0.3) is 0 Å². The van der Waals surface area contributed by atoms with E-state index < -0.39 is 22.2 Å². The highest BCUT2D eigenvalue weighted by atomic mass is 32.1. The van der Waals surface area contributed by atoms with Crippen LogP contribution >= 0.6 is 11.3 Å². The van der Waals surface area contributed by atoms with E-state index in [9.17, 15) is 24.8 Å². The lowest BCUT2D eigenvalue weighted by molar-refractivity contribution is -0.380. The first kappa shape index (κ1) is 15.4. The maximum Gasteiger partial charge on any atom is 0.324 e. The van der Waals surface area contributed by atoms with E-state index >= 15 is 0 Å². The van der Waals surface area contributed by atoms with Gasteiger partial charge in [-0.1, -0.05) is 11.3 Å². The van der Waals surface area contributed by atoms with Gasteiger partial charge in [-0.3, -0.25) is 19.7 Å². The highest BCUT2D eigenvalue weighted by Crippen LogP contribution is 2.30. The number of nitro groups is 1. The summed E-state index contributed by atoms with van der Waals surface area (Å²) in [4.78, 5) is 33.6. The molecule has 9 heteroatoms. The van der Waals surface area contributed by atoms with Crippen molar-refractivity contribution in [3.63, 3.8) is 0 Å². The highest BCUT2D eigenvalue weighted by molar-refractivity contribution is 7.17. The zero-order valence-electron chi connectivity index (χ0n) is 11.0. The molecular formula is C12H14N2O6S. The number of carboxylic acid groups (broad SMARTS) is 1. The van der Waals surface area contributed by atoms with Crippen LogP contribution < -0.4 is 5.32 Å². The minimum Gasteiger partial charge on any atom is -0.481 e. The fourth-order valence-electron chi connectivity index (χ4n) is 2.11. The van der Waals surface area contributed by atoms with Gasteiger partial charge in [0.25, 0.3) is 5.91 Å². The lowest BCUT2D eigenvalue weighted by atomic mass is 9.80. The van der Waals surface area contributed by atoms with E-state index in [0.29, 0.717) is 26.1 Å². The number of carbonyl (C=O) groups is 2. The second kappa shape index (κ2) is 6.19. The molecule has 2 N–H and O–H groups in total. The van der Waals surface area contributed by atoms with E-state index in [1.54, 1.807) is 0 Å². The van der Waals surface area contributed by atoms with Crippen LogP contribution in [0.3, 0.4) is 0 Å². The predicted molar refractivity (Wildman–Crippen MR) is 73.4 cm³/mol. The minimum atomic E-state index is -1.03. The third kappa shape index (κ3) is 3.37. The molecule has 8 nitrogen and oxygen atoms in total. The Labute approximate surface area is 123 Å². The predicted octanol–water partition coefficient (Wildman–Crippen LogP) is 1.27. The van der Waals surface area contributed by atoms with Crippen molar-refractivity contribution < 1.29 is 24.4 Å². The lowest BCUT2D eigenvalue weighted by Crippen LogP contribution is -2.46. The van der Waals surface area contributed by atoms with Gasteiger partial charge in [0.2, 0.25) is 0 Å². The van der Waals surface area contributed by atoms with Gasteiger partial charge >= 0.3 is 11.0 Å². The third-order valence-corrected chi connectivity index (χ3v) is 4.52. The van der Waals surface area contributed by atoms with Crippen molar-refractivity contribution in [2.45, 2.75) is 12.8 Å². The van der Waals surface area contributed by atoms with E-state index in [2.05, 4.69) is 5.32 Å². The molecule has 0 spiro atoms. The van der Waals surface area contributed by atoms with Crippen molar-refractivity contribution in [3.8, 4) is 0 Å². The Morgan fingerprint density at radius 2 is 2.10 bits per heavy atom. The Balaban J connectivity index is 2.01. The van der Waals surface area contributed by atoms with Crippen molar-refractivity contribution in [2.24, 2.45) is 5.41 Å². The molecule has 0 bridgehead atoms. The van der Waals surface area contributed by atoms with Crippen LogP contribution in [0.2, 0.25) is 0 Å². The fraction of sp³-hybridized carbons (Fsp3) is 0.500. The molecule has 0 radical (unpaired) electrons. The standard InChI is InChI=1S/C12H14N2O6S/c15-10(8-1-2-9(21-8)14(18)19)13-7-12(11(16)17)3-5-20-6-4-12/h1-2H,3-7H2,(H,13,15)(H,16,17). The van der Waals surface area contributed by atoms with E-state index in [4.69, 9.17) is 4.74 Å². The minimum absolute atomic E-state index is 0.0176. The van der Waals surface area contributed by atoms with E-state index in [-0.39, 0.29) is 16.4 Å².